The third-order valence-electron chi connectivity index (χ3n) is 17.1. The second-order valence-electron chi connectivity index (χ2n) is 24.2. The Kier molecular flexibility index (Phi) is 45.3. The van der Waals surface area contributed by atoms with E-state index in [9.17, 15) is 25.9 Å². The van der Waals surface area contributed by atoms with Crippen LogP contribution in [0.5, 0.6) is 0 Å². The van der Waals surface area contributed by atoms with Gasteiger partial charge < -0.3 is 9.11 Å². The number of unbranched alkanes of at least 4 members (excludes halogenated alkanes) is 40. The Morgan fingerprint density at radius 3 is 0.667 bits per heavy atom. The number of aryl methyl sites for hydroxylation is 4. The van der Waals surface area contributed by atoms with Gasteiger partial charge in [-0.2, -0.15) is 0 Å². The van der Waals surface area contributed by atoms with E-state index in [-0.39, 0.29) is 47.5 Å². The summed E-state index contributed by atoms with van der Waals surface area (Å²) in [5, 5.41) is 4.18. The van der Waals surface area contributed by atoms with Gasteiger partial charge in [-0.05, 0) is 107 Å². The van der Waals surface area contributed by atoms with Crippen LogP contribution >= 0.6 is 0 Å². The van der Waals surface area contributed by atoms with Gasteiger partial charge in [0.25, 0.3) is 0 Å². The minimum atomic E-state index is -4.52. The van der Waals surface area contributed by atoms with Gasteiger partial charge >= 0.3 is 37.7 Å². The molecule has 0 aliphatic rings. The van der Waals surface area contributed by atoms with Gasteiger partial charge in [0.05, 0.1) is 9.79 Å². The minimum Gasteiger partial charge on any atom is -0.744 e. The normalized spacial score (nSPS) is 11.8. The molecule has 0 amide bonds. The Balaban J connectivity index is 0.000000547. The topological polar surface area (TPSA) is 114 Å². The maximum Gasteiger partial charge on any atom is 2.00 e. The molecule has 0 aromatic heterocycles. The van der Waals surface area contributed by atoms with Gasteiger partial charge in [-0.15, -0.1) is 0 Å². The third-order valence-corrected chi connectivity index (χ3v) is 18.9. The Morgan fingerprint density at radius 1 is 0.272 bits per heavy atom. The molecular formula is C72H118CaO6S2. The largest absolute Gasteiger partial charge is 2.00 e. The fourth-order valence-electron chi connectivity index (χ4n) is 12.2. The molecule has 0 N–H and O–H groups in total. The van der Waals surface area contributed by atoms with Crippen LogP contribution in [0.4, 0.5) is 0 Å². The molecule has 0 saturated carbocycles. The molecule has 0 spiro atoms. The maximum absolute atomic E-state index is 12.4. The summed E-state index contributed by atoms with van der Waals surface area (Å²) in [5.41, 5.74) is 3.51. The summed E-state index contributed by atoms with van der Waals surface area (Å²) < 4.78 is 74.1. The van der Waals surface area contributed by atoms with Crippen molar-refractivity contribution in [1.29, 1.82) is 0 Å². The molecule has 81 heavy (non-hydrogen) atoms. The van der Waals surface area contributed by atoms with Gasteiger partial charge in [0, 0.05) is 0 Å². The van der Waals surface area contributed by atoms with Crippen LogP contribution in [0.3, 0.4) is 0 Å². The van der Waals surface area contributed by atoms with Crippen molar-refractivity contribution in [1.82, 2.24) is 0 Å². The third kappa shape index (κ3) is 33.8. The first-order valence-corrected chi connectivity index (χ1v) is 36.8. The summed E-state index contributed by atoms with van der Waals surface area (Å²) in [6.07, 6.45) is 58.9. The number of benzene rings is 4. The van der Waals surface area contributed by atoms with Gasteiger partial charge in [-0.25, -0.2) is 16.8 Å². The number of hydrogen-bond donors (Lipinski definition) is 0. The van der Waals surface area contributed by atoms with Crippen molar-refractivity contribution in [2.45, 2.75) is 346 Å². The molecule has 0 aliphatic heterocycles. The summed E-state index contributed by atoms with van der Waals surface area (Å²) in [4.78, 5) is 0.0488. The summed E-state index contributed by atoms with van der Waals surface area (Å²) in [7, 11) is -9.03. The quantitative estimate of drug-likeness (QED) is 0.0247. The van der Waals surface area contributed by atoms with Crippen molar-refractivity contribution >= 4 is 79.5 Å². The van der Waals surface area contributed by atoms with E-state index in [1.54, 1.807) is 12.1 Å². The molecule has 0 saturated heterocycles. The van der Waals surface area contributed by atoms with E-state index in [0.717, 1.165) is 108 Å². The molecule has 0 unspecified atom stereocenters. The first-order valence-electron chi connectivity index (χ1n) is 34.0. The molecule has 4 aromatic carbocycles. The van der Waals surface area contributed by atoms with E-state index in [2.05, 4.69) is 39.8 Å². The zero-order valence-corrected chi connectivity index (χ0v) is 56.5. The molecule has 0 aliphatic carbocycles. The average Bonchev–Trinajstić information content (AvgIpc) is 3.60. The first-order chi connectivity index (χ1) is 39.0. The van der Waals surface area contributed by atoms with Crippen molar-refractivity contribution in [3.8, 4) is 0 Å². The van der Waals surface area contributed by atoms with Crippen LogP contribution in [0.1, 0.15) is 332 Å². The van der Waals surface area contributed by atoms with E-state index >= 15 is 0 Å². The van der Waals surface area contributed by atoms with Crippen LogP contribution in [0.2, 0.25) is 0 Å². The van der Waals surface area contributed by atoms with Crippen LogP contribution in [0.15, 0.2) is 70.5 Å². The van der Waals surface area contributed by atoms with Crippen LogP contribution in [0.25, 0.3) is 21.5 Å². The van der Waals surface area contributed by atoms with Crippen LogP contribution in [-0.4, -0.2) is 63.7 Å². The predicted octanol–water partition coefficient (Wildman–Crippen LogP) is 22.5. The molecule has 0 atom stereocenters. The number of rotatable bonds is 50. The van der Waals surface area contributed by atoms with Crippen molar-refractivity contribution in [2.24, 2.45) is 0 Å². The van der Waals surface area contributed by atoms with Gasteiger partial charge in [0.2, 0.25) is 0 Å². The molecule has 0 fully saturated rings. The van der Waals surface area contributed by atoms with E-state index < -0.39 is 20.2 Å². The van der Waals surface area contributed by atoms with Gasteiger partial charge in [0.15, 0.2) is 0 Å². The van der Waals surface area contributed by atoms with Crippen molar-refractivity contribution in [3.05, 3.63) is 82.9 Å². The SMILES string of the molecule is CCCCCCCCCCCCCc1cc(S(=O)(=O)[O-])c(CCCCCCCCCCCCC)c2ccccc12.CCCCCCCCCCCCCc1cc(S(=O)(=O)[O-])c(CCCCCCCCCCCCC)c2ccccc12.[Ca+2]. The molecule has 0 heterocycles. The summed E-state index contributed by atoms with van der Waals surface area (Å²) >= 11 is 0. The first kappa shape index (κ1) is 75.6. The molecule has 0 bridgehead atoms. The second kappa shape index (κ2) is 48.6. The zero-order valence-electron chi connectivity index (χ0n) is 52.7. The minimum absolute atomic E-state index is 0. The number of fused-ring (bicyclic) bond motifs is 2. The van der Waals surface area contributed by atoms with Gasteiger partial charge in [-0.1, -0.05) is 333 Å². The average molecular weight is 1180 g/mol. The van der Waals surface area contributed by atoms with Crippen LogP contribution < -0.4 is 0 Å². The van der Waals surface area contributed by atoms with Crippen molar-refractivity contribution in [2.75, 3.05) is 0 Å². The molecule has 9 heteroatoms. The summed E-state index contributed by atoms with van der Waals surface area (Å²) in [6.45, 7) is 9.04. The van der Waals surface area contributed by atoms with E-state index in [1.165, 1.54) is 231 Å². The van der Waals surface area contributed by atoms with Crippen LogP contribution in [0, 0.1) is 0 Å². The Morgan fingerprint density at radius 2 is 0.457 bits per heavy atom. The van der Waals surface area contributed by atoms with Crippen molar-refractivity contribution in [3.63, 3.8) is 0 Å². The summed E-state index contributed by atoms with van der Waals surface area (Å²) in [6, 6.07) is 19.7. The van der Waals surface area contributed by atoms with Crippen LogP contribution in [-0.2, 0) is 45.9 Å². The van der Waals surface area contributed by atoms with Gasteiger partial charge in [-0.3, -0.25) is 0 Å². The van der Waals surface area contributed by atoms with E-state index in [0.29, 0.717) is 12.8 Å². The monoisotopic (exact) mass is 1180 g/mol. The van der Waals surface area contributed by atoms with E-state index in [4.69, 9.17) is 0 Å². The Hall–Kier alpha value is -1.52. The van der Waals surface area contributed by atoms with Crippen molar-refractivity contribution < 1.29 is 25.9 Å². The molecule has 6 nitrogen and oxygen atoms in total. The molecule has 4 rings (SSSR count). The smallest absolute Gasteiger partial charge is 0.744 e. The van der Waals surface area contributed by atoms with Gasteiger partial charge in [0.1, 0.15) is 20.2 Å². The van der Waals surface area contributed by atoms with E-state index in [1.807, 2.05) is 36.4 Å². The molecular weight excluding hydrogens is 1060 g/mol. The molecule has 456 valence electrons. The molecule has 0 radical (unpaired) electrons. The molecule has 4 aromatic rings. The maximum atomic E-state index is 12.4. The zero-order chi connectivity index (χ0) is 57.8. The Bertz CT molecular complexity index is 2230. The number of hydrogen-bond acceptors (Lipinski definition) is 6. The second-order valence-corrected chi connectivity index (χ2v) is 26.9. The Labute approximate surface area is 529 Å². The predicted molar refractivity (Wildman–Crippen MR) is 350 cm³/mol. The fourth-order valence-corrected chi connectivity index (χ4v) is 13.8. The summed E-state index contributed by atoms with van der Waals surface area (Å²) in [5.74, 6) is 0. The standard InChI is InChI=1S/2C36H60O3S.Ca/c2*1-3-5-7-9-11-13-15-17-19-21-23-27-32-31-36(40(37,38)39)35(34-29-26-25-28-33(32)34)30-24-22-20-18-16-14-12-10-8-6-4-2;/h2*25-26,28-29,31H,3-24,27,30H2,1-2H3,(H,37,38,39);/q;;+2/p-2. The fraction of sp³-hybridized carbons (Fsp3) is 0.722.